The molecule has 7 heteroatoms. The Balaban J connectivity index is 0.000000178. The summed E-state index contributed by atoms with van der Waals surface area (Å²) in [5, 5.41) is 10.9. The van der Waals surface area contributed by atoms with Crippen LogP contribution in [0.1, 0.15) is 81.8 Å². The van der Waals surface area contributed by atoms with E-state index >= 15 is 0 Å². The van der Waals surface area contributed by atoms with Gasteiger partial charge in [0.2, 0.25) is 0 Å². The number of alkyl halides is 3. The molecule has 338 valence electrons. The maximum atomic E-state index is 10.7. The van der Waals surface area contributed by atoms with Crippen molar-refractivity contribution in [1.29, 1.82) is 0 Å². The van der Waals surface area contributed by atoms with Crippen molar-refractivity contribution < 1.29 is 36.5 Å². The Morgan fingerprint density at radius 3 is 1.25 bits per heavy atom. The summed E-state index contributed by atoms with van der Waals surface area (Å²) in [4.78, 5) is 0. The summed E-state index contributed by atoms with van der Waals surface area (Å²) in [7, 11) is 0. The Morgan fingerprint density at radius 1 is 0.538 bits per heavy atom. The van der Waals surface area contributed by atoms with Gasteiger partial charge in [-0.2, -0.15) is 25.3 Å². The Morgan fingerprint density at radius 2 is 0.908 bits per heavy atom. The molecule has 0 saturated heterocycles. The molecule has 4 fully saturated rings. The molecule has 8 aromatic carbocycles. The third kappa shape index (κ3) is 11.3. The first-order valence-corrected chi connectivity index (χ1v) is 26.8. The van der Waals surface area contributed by atoms with Crippen LogP contribution in [0, 0.1) is 37.0 Å². The van der Waals surface area contributed by atoms with Crippen molar-refractivity contribution in [3.05, 3.63) is 171 Å². The van der Waals surface area contributed by atoms with Gasteiger partial charge >= 0.3 is 36.4 Å². The molecule has 0 spiro atoms. The molecule has 0 aromatic heterocycles. The van der Waals surface area contributed by atoms with Crippen LogP contribution < -0.4 is 0 Å². The molecule has 0 N–H and O–H groups in total. The Labute approximate surface area is 413 Å². The summed E-state index contributed by atoms with van der Waals surface area (Å²) in [5.41, 5.74) is 9.76. The molecule has 4 aliphatic rings. The summed E-state index contributed by atoms with van der Waals surface area (Å²) < 4.78 is 32.2. The number of hydrogen-bond acceptors (Lipinski definition) is 0. The average Bonchev–Trinajstić information content (AvgIpc) is 4.18. The van der Waals surface area contributed by atoms with Crippen LogP contribution in [-0.2, 0) is 36.2 Å². The predicted molar refractivity (Wildman–Crippen MR) is 273 cm³/mol. The number of benzene rings is 6. The van der Waals surface area contributed by atoms with Crippen LogP contribution in [0.15, 0.2) is 146 Å². The van der Waals surface area contributed by atoms with Crippen LogP contribution >= 0.6 is 24.8 Å². The quantitative estimate of drug-likeness (QED) is 0.115. The minimum absolute atomic E-state index is 0. The van der Waals surface area contributed by atoms with E-state index in [0.717, 1.165) is 11.8 Å². The van der Waals surface area contributed by atoms with Gasteiger partial charge in [-0.25, -0.2) is 0 Å². The van der Waals surface area contributed by atoms with E-state index in [4.69, 9.17) is 0 Å². The zero-order chi connectivity index (χ0) is 42.9. The molecule has 0 heterocycles. The fraction of sp³-hybridized carbons (Fsp3) is 0.310. The second-order valence-electron chi connectivity index (χ2n) is 19.0. The van der Waals surface area contributed by atoms with Gasteiger partial charge in [-0.1, -0.05) is 102 Å². The molecule has 8 aromatic rings. The Hall–Kier alpha value is -3.47. The maximum absolute atomic E-state index is 10.7. The molecule has 4 bridgehead atoms. The third-order valence-electron chi connectivity index (χ3n) is 15.0. The van der Waals surface area contributed by atoms with Crippen LogP contribution in [-0.4, -0.2) is 13.1 Å². The molecule has 0 unspecified atom stereocenters. The Bertz CT molecular complexity index is 2630. The van der Waals surface area contributed by atoms with E-state index in [-0.39, 0.29) is 32.2 Å². The molecule has 0 amide bonds. The standard InChI is InChI=1S/2C27H25.C3H4F3.CH3.2ClH.Si.Zr/c2*1-2-5-22-16-24(9-8-21(22)4-1)25-7-3-6-23-14-20(15-26(23)25)18-27-12-10-19(17-27)11-13-27;1-2-3(4,5)6;;;;;/h2*1-9,14-16,19H,10-13,17-18H2;1-2H2;1H3;2*1H;;/q4*-1;;;;. The molecule has 4 saturated carbocycles. The van der Waals surface area contributed by atoms with Crippen LogP contribution in [0.3, 0.4) is 0 Å². The molecular weight excluding hydrogens is 944 g/mol. The number of fused-ring (bicyclic) bond motifs is 8. The minimum atomic E-state index is -4.07. The molecule has 2 radical (unpaired) electrons. The molecule has 0 aliphatic heterocycles. The molecule has 4 aliphatic carbocycles. The first-order chi connectivity index (χ1) is 30.1. The smallest absolute Gasteiger partial charge is 0.0178 e. The van der Waals surface area contributed by atoms with Gasteiger partial charge in [-0.3, -0.25) is 0 Å². The van der Waals surface area contributed by atoms with Crippen molar-refractivity contribution in [2.24, 2.45) is 22.7 Å². The SMILES string of the molecule is Cl.Cl.[CH2-]CC(F)(F)F.[CH3-].[Si]=[Zr].c1ccc2cc(-c3cccc4[cH-]c(CC56CCC(CC5)C6)cc34)ccc2c1.c1ccc2cc(-c3cccc4[cH-]c(CC56CCC(CC5)C6)cc34)ccc2c1. The van der Waals surface area contributed by atoms with E-state index < -0.39 is 12.6 Å². The van der Waals surface area contributed by atoms with E-state index in [1.807, 2.05) is 0 Å². The first kappa shape index (κ1) is 50.9. The van der Waals surface area contributed by atoms with E-state index in [9.17, 15) is 13.2 Å². The van der Waals surface area contributed by atoms with Gasteiger partial charge in [-0.15, -0.1) is 93.9 Å². The largest absolute Gasteiger partial charge is 0.164 e. The van der Waals surface area contributed by atoms with Gasteiger partial charge in [0.25, 0.3) is 0 Å². The van der Waals surface area contributed by atoms with Crippen molar-refractivity contribution >= 4 is 74.8 Å². The fourth-order valence-electron chi connectivity index (χ4n) is 12.0. The van der Waals surface area contributed by atoms with Crippen LogP contribution in [0.5, 0.6) is 0 Å². The second kappa shape index (κ2) is 21.7. The monoisotopic (exact) mass is 1000 g/mol. The van der Waals surface area contributed by atoms with Crippen LogP contribution in [0.4, 0.5) is 13.2 Å². The summed E-state index contributed by atoms with van der Waals surface area (Å²) in [6, 6.07) is 54.5. The average molecular weight is 1000 g/mol. The maximum Gasteiger partial charge on any atom is -0.0178 e. The summed E-state index contributed by atoms with van der Waals surface area (Å²) in [6.45, 7) is 5.69. The van der Waals surface area contributed by atoms with Crippen molar-refractivity contribution in [3.8, 4) is 22.3 Å². The van der Waals surface area contributed by atoms with Gasteiger partial charge in [0.1, 0.15) is 0 Å². The number of rotatable bonds is 6. The zero-order valence-corrected chi connectivity index (χ0v) is 42.5. The first-order valence-electron chi connectivity index (χ1n) is 22.6. The molecule has 0 nitrogen and oxygen atoms in total. The van der Waals surface area contributed by atoms with E-state index in [2.05, 4.69) is 159 Å². The predicted octanol–water partition coefficient (Wildman–Crippen LogP) is 17.7. The van der Waals surface area contributed by atoms with Crippen LogP contribution in [0.2, 0.25) is 0 Å². The second-order valence-corrected chi connectivity index (χ2v) is 19.0. The Kier molecular flexibility index (Phi) is 17.0. The van der Waals surface area contributed by atoms with Gasteiger partial charge < -0.3 is 14.4 Å². The topological polar surface area (TPSA) is 0 Å². The summed E-state index contributed by atoms with van der Waals surface area (Å²) in [6.07, 6.45) is 12.2. The van der Waals surface area contributed by atoms with Crippen molar-refractivity contribution in [2.45, 2.75) is 89.6 Å². The number of hydrogen-bond donors (Lipinski definition) is 0. The van der Waals surface area contributed by atoms with E-state index in [1.54, 1.807) is 11.1 Å². The third-order valence-corrected chi connectivity index (χ3v) is 15.0. The van der Waals surface area contributed by atoms with Crippen molar-refractivity contribution in [2.75, 3.05) is 0 Å². The van der Waals surface area contributed by atoms with E-state index in [1.165, 1.54) is 166 Å². The summed E-state index contributed by atoms with van der Waals surface area (Å²) in [5.74, 6) is 2.06. The molecule has 12 rings (SSSR count). The van der Waals surface area contributed by atoms with Crippen molar-refractivity contribution in [1.82, 2.24) is 0 Å². The molecule has 0 atom stereocenters. The zero-order valence-electron chi connectivity index (χ0n) is 37.4. The fourth-order valence-corrected chi connectivity index (χ4v) is 12.0. The van der Waals surface area contributed by atoms with Crippen molar-refractivity contribution in [3.63, 3.8) is 0 Å². The van der Waals surface area contributed by atoms with Gasteiger partial charge in [0.05, 0.1) is 0 Å². The molecular formula is C58H59Cl2F3SiZr-4. The summed E-state index contributed by atoms with van der Waals surface area (Å²) >= 11 is 1.36. The van der Waals surface area contributed by atoms with E-state index in [0.29, 0.717) is 10.8 Å². The normalized spacial score (nSPS) is 21.3. The van der Waals surface area contributed by atoms with Crippen LogP contribution in [0.25, 0.3) is 65.3 Å². The minimum Gasteiger partial charge on any atom is -0.164 e. The number of halogens is 5. The van der Waals surface area contributed by atoms with Gasteiger partial charge in [-0.05, 0) is 145 Å². The molecule has 65 heavy (non-hydrogen) atoms. The van der Waals surface area contributed by atoms with Gasteiger partial charge in [0.15, 0.2) is 0 Å². The van der Waals surface area contributed by atoms with Gasteiger partial charge in [0, 0.05) is 0 Å².